The van der Waals surface area contributed by atoms with E-state index in [-0.39, 0.29) is 23.7 Å². The lowest BCUT2D eigenvalue weighted by Crippen LogP contribution is -2.48. The van der Waals surface area contributed by atoms with Gasteiger partial charge < -0.3 is 15.3 Å². The van der Waals surface area contributed by atoms with E-state index >= 15 is 0 Å². The van der Waals surface area contributed by atoms with Gasteiger partial charge in [-0.25, -0.2) is 4.79 Å². The molecule has 0 aromatic carbocycles. The highest BCUT2D eigenvalue weighted by Gasteiger charge is 2.30. The van der Waals surface area contributed by atoms with Gasteiger partial charge in [0, 0.05) is 24.9 Å². The second-order valence-corrected chi connectivity index (χ2v) is 5.94. The highest BCUT2D eigenvalue weighted by Crippen LogP contribution is 2.19. The lowest BCUT2D eigenvalue weighted by molar-refractivity contribution is -0.143. The SMILES string of the molecule is CCCC(NC(=O)C1CCN(C(=O)C(C)C)CC1)C(=O)O. The third kappa shape index (κ3) is 5.02. The molecule has 1 heterocycles. The monoisotopic (exact) mass is 298 g/mol. The van der Waals surface area contributed by atoms with Crippen molar-refractivity contribution in [3.05, 3.63) is 0 Å². The highest BCUT2D eigenvalue weighted by atomic mass is 16.4. The Labute approximate surface area is 125 Å². The van der Waals surface area contributed by atoms with E-state index in [1.54, 1.807) is 4.90 Å². The van der Waals surface area contributed by atoms with Gasteiger partial charge in [-0.15, -0.1) is 0 Å². The number of carbonyl (C=O) groups excluding carboxylic acids is 2. The molecule has 1 rings (SSSR count). The number of carboxylic acid groups (broad SMARTS) is 1. The molecule has 0 saturated carbocycles. The highest BCUT2D eigenvalue weighted by molar-refractivity contribution is 5.85. The van der Waals surface area contributed by atoms with Crippen molar-refractivity contribution in [3.8, 4) is 0 Å². The van der Waals surface area contributed by atoms with Crippen LogP contribution in [0.3, 0.4) is 0 Å². The number of nitrogens with zero attached hydrogens (tertiary/aromatic N) is 1. The summed E-state index contributed by atoms with van der Waals surface area (Å²) in [6.45, 7) is 6.76. The first kappa shape index (κ1) is 17.5. The number of likely N-dealkylation sites (tertiary alicyclic amines) is 1. The molecule has 1 aliphatic rings. The fraction of sp³-hybridized carbons (Fsp3) is 0.800. The van der Waals surface area contributed by atoms with Crippen molar-refractivity contribution in [2.24, 2.45) is 11.8 Å². The van der Waals surface area contributed by atoms with Crippen LogP contribution in [0.15, 0.2) is 0 Å². The second kappa shape index (κ2) is 8.00. The van der Waals surface area contributed by atoms with Gasteiger partial charge in [0.1, 0.15) is 6.04 Å². The number of amides is 2. The predicted molar refractivity (Wildman–Crippen MR) is 78.6 cm³/mol. The maximum atomic E-state index is 12.1. The van der Waals surface area contributed by atoms with Crippen molar-refractivity contribution in [1.82, 2.24) is 10.2 Å². The molecule has 0 radical (unpaired) electrons. The zero-order valence-corrected chi connectivity index (χ0v) is 13.1. The number of carboxylic acids is 1. The van der Waals surface area contributed by atoms with Gasteiger partial charge in [-0.3, -0.25) is 9.59 Å². The third-order valence-corrected chi connectivity index (χ3v) is 3.86. The molecule has 120 valence electrons. The normalized spacial score (nSPS) is 17.6. The summed E-state index contributed by atoms with van der Waals surface area (Å²) in [4.78, 5) is 36.8. The fourth-order valence-corrected chi connectivity index (χ4v) is 2.56. The van der Waals surface area contributed by atoms with E-state index in [2.05, 4.69) is 5.32 Å². The van der Waals surface area contributed by atoms with Crippen LogP contribution in [0.1, 0.15) is 46.5 Å². The Morgan fingerprint density at radius 3 is 2.24 bits per heavy atom. The van der Waals surface area contributed by atoms with Crippen LogP contribution >= 0.6 is 0 Å². The first-order valence-electron chi connectivity index (χ1n) is 7.68. The van der Waals surface area contributed by atoms with E-state index in [4.69, 9.17) is 5.11 Å². The van der Waals surface area contributed by atoms with Crippen LogP contribution in [0.4, 0.5) is 0 Å². The van der Waals surface area contributed by atoms with Crippen molar-refractivity contribution in [3.63, 3.8) is 0 Å². The van der Waals surface area contributed by atoms with Gasteiger partial charge in [-0.05, 0) is 19.3 Å². The van der Waals surface area contributed by atoms with Crippen LogP contribution in [0.25, 0.3) is 0 Å². The Hall–Kier alpha value is -1.59. The minimum Gasteiger partial charge on any atom is -0.480 e. The number of hydrogen-bond acceptors (Lipinski definition) is 3. The van der Waals surface area contributed by atoms with Gasteiger partial charge in [0.05, 0.1) is 0 Å². The molecule has 0 aromatic rings. The van der Waals surface area contributed by atoms with Crippen molar-refractivity contribution < 1.29 is 19.5 Å². The Kier molecular flexibility index (Phi) is 6.65. The number of rotatable bonds is 6. The molecule has 6 nitrogen and oxygen atoms in total. The van der Waals surface area contributed by atoms with Gasteiger partial charge in [0.2, 0.25) is 11.8 Å². The lowest BCUT2D eigenvalue weighted by atomic mass is 9.94. The standard InChI is InChI=1S/C15H26N2O4/c1-4-5-12(15(20)21)16-13(18)11-6-8-17(9-7-11)14(19)10(2)3/h10-12H,4-9H2,1-3H3,(H,16,18)(H,20,21). The molecule has 2 N–H and O–H groups in total. The van der Waals surface area contributed by atoms with Gasteiger partial charge in [0.15, 0.2) is 0 Å². The topological polar surface area (TPSA) is 86.7 Å². The Balaban J connectivity index is 2.48. The zero-order valence-electron chi connectivity index (χ0n) is 13.1. The molecule has 0 aromatic heterocycles. The van der Waals surface area contributed by atoms with Crippen LogP contribution in [-0.2, 0) is 14.4 Å². The largest absolute Gasteiger partial charge is 0.480 e. The Morgan fingerprint density at radius 2 is 1.81 bits per heavy atom. The fourth-order valence-electron chi connectivity index (χ4n) is 2.56. The van der Waals surface area contributed by atoms with E-state index in [1.807, 2.05) is 20.8 Å². The van der Waals surface area contributed by atoms with E-state index in [0.717, 1.165) is 0 Å². The van der Waals surface area contributed by atoms with Crippen molar-refractivity contribution in [1.29, 1.82) is 0 Å². The van der Waals surface area contributed by atoms with Crippen LogP contribution in [0, 0.1) is 11.8 Å². The zero-order chi connectivity index (χ0) is 16.0. The molecule has 1 saturated heterocycles. The molecule has 1 aliphatic heterocycles. The first-order valence-corrected chi connectivity index (χ1v) is 7.68. The Bertz CT molecular complexity index is 387. The van der Waals surface area contributed by atoms with Crippen molar-refractivity contribution in [2.45, 2.75) is 52.5 Å². The number of aliphatic carboxylic acids is 1. The van der Waals surface area contributed by atoms with Gasteiger partial charge in [-0.2, -0.15) is 0 Å². The molecule has 1 unspecified atom stereocenters. The van der Waals surface area contributed by atoms with Crippen LogP contribution in [0.2, 0.25) is 0 Å². The predicted octanol–water partition coefficient (Wildman–Crippen LogP) is 1.25. The molecular formula is C15H26N2O4. The average molecular weight is 298 g/mol. The van der Waals surface area contributed by atoms with Gasteiger partial charge in [0.25, 0.3) is 0 Å². The van der Waals surface area contributed by atoms with E-state index in [9.17, 15) is 14.4 Å². The first-order chi connectivity index (χ1) is 9.86. The summed E-state index contributed by atoms with van der Waals surface area (Å²) >= 11 is 0. The van der Waals surface area contributed by atoms with E-state index < -0.39 is 12.0 Å². The molecule has 1 fully saturated rings. The summed E-state index contributed by atoms with van der Waals surface area (Å²) < 4.78 is 0. The molecular weight excluding hydrogens is 272 g/mol. The van der Waals surface area contributed by atoms with E-state index in [0.29, 0.717) is 38.8 Å². The molecule has 2 amide bonds. The number of carbonyl (C=O) groups is 3. The van der Waals surface area contributed by atoms with Crippen LogP contribution in [-0.4, -0.2) is 46.9 Å². The van der Waals surface area contributed by atoms with Crippen molar-refractivity contribution in [2.75, 3.05) is 13.1 Å². The van der Waals surface area contributed by atoms with Crippen molar-refractivity contribution >= 4 is 17.8 Å². The molecule has 6 heteroatoms. The number of nitrogens with one attached hydrogen (secondary N) is 1. The maximum Gasteiger partial charge on any atom is 0.326 e. The minimum absolute atomic E-state index is 0.0312. The molecule has 0 spiro atoms. The smallest absolute Gasteiger partial charge is 0.326 e. The van der Waals surface area contributed by atoms with Gasteiger partial charge in [-0.1, -0.05) is 27.2 Å². The molecule has 1 atom stereocenters. The number of hydrogen-bond donors (Lipinski definition) is 2. The summed E-state index contributed by atoms with van der Waals surface area (Å²) in [5.74, 6) is -1.30. The second-order valence-electron chi connectivity index (χ2n) is 5.94. The summed E-state index contributed by atoms with van der Waals surface area (Å²) in [5, 5.41) is 11.7. The van der Waals surface area contributed by atoms with Crippen LogP contribution < -0.4 is 5.32 Å². The summed E-state index contributed by atoms with van der Waals surface area (Å²) in [6, 6.07) is -0.808. The molecule has 0 aliphatic carbocycles. The third-order valence-electron chi connectivity index (χ3n) is 3.86. The lowest BCUT2D eigenvalue weighted by Gasteiger charge is -2.32. The molecule has 21 heavy (non-hydrogen) atoms. The minimum atomic E-state index is -0.988. The maximum absolute atomic E-state index is 12.1. The summed E-state index contributed by atoms with van der Waals surface area (Å²) in [6.07, 6.45) is 2.34. The quantitative estimate of drug-likeness (QED) is 0.772. The average Bonchev–Trinajstić information content (AvgIpc) is 2.45. The summed E-state index contributed by atoms with van der Waals surface area (Å²) in [7, 11) is 0. The van der Waals surface area contributed by atoms with Gasteiger partial charge >= 0.3 is 5.97 Å². The summed E-state index contributed by atoms with van der Waals surface area (Å²) in [5.41, 5.74) is 0. The Morgan fingerprint density at radius 1 is 1.24 bits per heavy atom. The molecule has 0 bridgehead atoms. The van der Waals surface area contributed by atoms with E-state index in [1.165, 1.54) is 0 Å². The van der Waals surface area contributed by atoms with Crippen LogP contribution in [0.5, 0.6) is 0 Å². The number of piperidine rings is 1.